The van der Waals surface area contributed by atoms with Crippen LogP contribution in [0.2, 0.25) is 0 Å². The normalized spacial score (nSPS) is 31.1. The Labute approximate surface area is 116 Å². The average Bonchev–Trinajstić information content (AvgIpc) is 2.77. The van der Waals surface area contributed by atoms with Crippen molar-refractivity contribution in [2.45, 2.75) is 50.2 Å². The summed E-state index contributed by atoms with van der Waals surface area (Å²) in [5.41, 5.74) is 5.50. The molecule has 1 aromatic heterocycles. The van der Waals surface area contributed by atoms with Gasteiger partial charge in [-0.2, -0.15) is 0 Å². The van der Waals surface area contributed by atoms with Gasteiger partial charge >= 0.3 is 0 Å². The Bertz CT molecular complexity index is 462. The lowest BCUT2D eigenvalue weighted by Gasteiger charge is -2.47. The summed E-state index contributed by atoms with van der Waals surface area (Å²) in [4.78, 5) is 14.5. The lowest BCUT2D eigenvalue weighted by Crippen LogP contribution is -2.55. The van der Waals surface area contributed by atoms with E-state index in [4.69, 9.17) is 5.73 Å². The number of hydrogen-bond acceptors (Lipinski definition) is 6. The fourth-order valence-electron chi connectivity index (χ4n) is 3.31. The Morgan fingerprint density at radius 3 is 2.63 bits per heavy atom. The molecule has 6 nitrogen and oxygen atoms in total. The highest BCUT2D eigenvalue weighted by Gasteiger charge is 2.36. The van der Waals surface area contributed by atoms with Gasteiger partial charge in [-0.25, -0.2) is 0 Å². The van der Waals surface area contributed by atoms with E-state index >= 15 is 0 Å². The minimum Gasteiger partial charge on any atom is -0.374 e. The van der Waals surface area contributed by atoms with Crippen LogP contribution in [0.15, 0.2) is 0 Å². The topological polar surface area (TPSA) is 84.1 Å². The van der Waals surface area contributed by atoms with E-state index in [1.54, 1.807) is 0 Å². The number of amides is 1. The smallest absolute Gasteiger partial charge is 0.282 e. The SMILES string of the molecule is CN1C2CCCC1CC(NC(=O)c1nnc(N)s1)C2. The summed E-state index contributed by atoms with van der Waals surface area (Å²) in [5.74, 6) is -0.137. The van der Waals surface area contributed by atoms with Crippen LogP contribution in [0.3, 0.4) is 0 Å². The molecule has 104 valence electrons. The third-order valence-electron chi connectivity index (χ3n) is 4.31. The van der Waals surface area contributed by atoms with Crippen LogP contribution >= 0.6 is 11.3 Å². The molecule has 1 aromatic rings. The number of fused-ring (bicyclic) bond motifs is 2. The fourth-order valence-corrected chi connectivity index (χ4v) is 3.82. The molecule has 2 aliphatic rings. The van der Waals surface area contributed by atoms with Gasteiger partial charge in [0.1, 0.15) is 0 Å². The van der Waals surface area contributed by atoms with E-state index in [0.29, 0.717) is 22.2 Å². The maximum atomic E-state index is 12.1. The van der Waals surface area contributed by atoms with Crippen LogP contribution < -0.4 is 11.1 Å². The zero-order chi connectivity index (χ0) is 13.4. The first kappa shape index (κ1) is 12.8. The number of hydrogen-bond donors (Lipinski definition) is 2. The number of aromatic nitrogens is 2. The summed E-state index contributed by atoms with van der Waals surface area (Å²) >= 11 is 1.14. The van der Waals surface area contributed by atoms with E-state index in [1.807, 2.05) is 0 Å². The number of nitrogens with one attached hydrogen (secondary N) is 1. The molecule has 0 aromatic carbocycles. The van der Waals surface area contributed by atoms with Crippen LogP contribution in [0, 0.1) is 0 Å². The number of nitrogens with two attached hydrogens (primary N) is 1. The molecule has 7 heteroatoms. The zero-order valence-electron chi connectivity index (χ0n) is 11.0. The standard InChI is InChI=1S/C12H19N5OS/c1-17-8-3-2-4-9(17)6-7(5-8)14-10(18)11-15-16-12(13)19-11/h7-9H,2-6H2,1H3,(H2,13,16)(H,14,18). The number of anilines is 1. The predicted molar refractivity (Wildman–Crippen MR) is 74.0 cm³/mol. The lowest BCUT2D eigenvalue weighted by atomic mass is 9.82. The Morgan fingerprint density at radius 1 is 1.37 bits per heavy atom. The molecule has 2 atom stereocenters. The molecule has 3 heterocycles. The van der Waals surface area contributed by atoms with Crippen LogP contribution in [0.25, 0.3) is 0 Å². The van der Waals surface area contributed by atoms with Crippen molar-refractivity contribution in [2.24, 2.45) is 0 Å². The molecule has 2 aliphatic heterocycles. The first-order valence-electron chi connectivity index (χ1n) is 6.75. The van der Waals surface area contributed by atoms with E-state index in [9.17, 15) is 4.79 Å². The van der Waals surface area contributed by atoms with Crippen molar-refractivity contribution < 1.29 is 4.79 Å². The van der Waals surface area contributed by atoms with Gasteiger partial charge in [-0.05, 0) is 32.7 Å². The third kappa shape index (κ3) is 2.57. The Hall–Kier alpha value is -1.21. The highest BCUT2D eigenvalue weighted by atomic mass is 32.1. The molecule has 0 saturated carbocycles. The Kier molecular flexibility index (Phi) is 3.40. The van der Waals surface area contributed by atoms with Gasteiger partial charge in [0.2, 0.25) is 10.1 Å². The molecule has 0 aliphatic carbocycles. The van der Waals surface area contributed by atoms with E-state index < -0.39 is 0 Å². The summed E-state index contributed by atoms with van der Waals surface area (Å²) in [5, 5.41) is 11.3. The van der Waals surface area contributed by atoms with Crippen molar-refractivity contribution in [1.82, 2.24) is 20.4 Å². The predicted octanol–water partition coefficient (Wildman–Crippen LogP) is 0.865. The summed E-state index contributed by atoms with van der Waals surface area (Å²) in [7, 11) is 2.21. The Balaban J connectivity index is 1.63. The molecular formula is C12H19N5OS. The van der Waals surface area contributed by atoms with E-state index in [0.717, 1.165) is 24.2 Å². The minimum absolute atomic E-state index is 0.137. The molecular weight excluding hydrogens is 262 g/mol. The first-order chi connectivity index (χ1) is 9.13. The van der Waals surface area contributed by atoms with Gasteiger partial charge in [0.15, 0.2) is 0 Å². The molecule has 1 amide bonds. The van der Waals surface area contributed by atoms with Gasteiger partial charge in [0.05, 0.1) is 0 Å². The van der Waals surface area contributed by atoms with Gasteiger partial charge in [0.25, 0.3) is 5.91 Å². The second kappa shape index (κ2) is 5.05. The maximum absolute atomic E-state index is 12.1. The van der Waals surface area contributed by atoms with E-state index in [2.05, 4.69) is 27.5 Å². The van der Waals surface area contributed by atoms with Crippen molar-refractivity contribution in [3.05, 3.63) is 5.01 Å². The summed E-state index contributed by atoms with van der Waals surface area (Å²) in [6.45, 7) is 0. The van der Waals surface area contributed by atoms with Crippen molar-refractivity contribution in [3.8, 4) is 0 Å². The van der Waals surface area contributed by atoms with Gasteiger partial charge in [0, 0.05) is 18.1 Å². The molecule has 3 rings (SSSR count). The number of carbonyl (C=O) groups is 1. The quantitative estimate of drug-likeness (QED) is 0.840. The molecule has 2 fully saturated rings. The van der Waals surface area contributed by atoms with Crippen LogP contribution in [0.1, 0.15) is 41.9 Å². The molecule has 3 N–H and O–H groups in total. The van der Waals surface area contributed by atoms with Crippen molar-refractivity contribution in [1.29, 1.82) is 0 Å². The van der Waals surface area contributed by atoms with Crippen molar-refractivity contribution in [2.75, 3.05) is 12.8 Å². The maximum Gasteiger partial charge on any atom is 0.282 e. The second-order valence-electron chi connectivity index (χ2n) is 5.49. The second-order valence-corrected chi connectivity index (χ2v) is 6.50. The number of rotatable bonds is 2. The number of carbonyl (C=O) groups excluding carboxylic acids is 1. The fraction of sp³-hybridized carbons (Fsp3) is 0.750. The summed E-state index contributed by atoms with van der Waals surface area (Å²) in [6.07, 6.45) is 5.86. The highest BCUT2D eigenvalue weighted by molar-refractivity contribution is 7.16. The van der Waals surface area contributed by atoms with Crippen LogP contribution in [-0.2, 0) is 0 Å². The summed E-state index contributed by atoms with van der Waals surface area (Å²) in [6, 6.07) is 1.47. The molecule has 2 bridgehead atoms. The van der Waals surface area contributed by atoms with Crippen LogP contribution in [-0.4, -0.2) is 46.2 Å². The molecule has 0 radical (unpaired) electrons. The number of nitrogen functional groups attached to an aromatic ring is 1. The van der Waals surface area contributed by atoms with Crippen LogP contribution in [0.4, 0.5) is 5.13 Å². The van der Waals surface area contributed by atoms with Crippen LogP contribution in [0.5, 0.6) is 0 Å². The van der Waals surface area contributed by atoms with Gasteiger partial charge in [-0.15, -0.1) is 10.2 Å². The number of piperidine rings is 2. The lowest BCUT2D eigenvalue weighted by molar-refractivity contribution is 0.0463. The molecule has 0 spiro atoms. The highest BCUT2D eigenvalue weighted by Crippen LogP contribution is 2.32. The average molecular weight is 281 g/mol. The van der Waals surface area contributed by atoms with Crippen molar-refractivity contribution in [3.63, 3.8) is 0 Å². The zero-order valence-corrected chi connectivity index (χ0v) is 11.8. The van der Waals surface area contributed by atoms with E-state index in [-0.39, 0.29) is 11.9 Å². The Morgan fingerprint density at radius 2 is 2.05 bits per heavy atom. The van der Waals surface area contributed by atoms with E-state index in [1.165, 1.54) is 19.3 Å². The largest absolute Gasteiger partial charge is 0.374 e. The molecule has 2 saturated heterocycles. The summed E-state index contributed by atoms with van der Waals surface area (Å²) < 4.78 is 0. The third-order valence-corrected chi connectivity index (χ3v) is 5.06. The van der Waals surface area contributed by atoms with Gasteiger partial charge in [-0.3, -0.25) is 4.79 Å². The molecule has 19 heavy (non-hydrogen) atoms. The monoisotopic (exact) mass is 281 g/mol. The van der Waals surface area contributed by atoms with Gasteiger partial charge < -0.3 is 16.0 Å². The van der Waals surface area contributed by atoms with Crippen molar-refractivity contribution >= 4 is 22.4 Å². The molecule has 2 unspecified atom stereocenters. The first-order valence-corrected chi connectivity index (χ1v) is 7.57. The number of nitrogens with zero attached hydrogens (tertiary/aromatic N) is 3. The van der Waals surface area contributed by atoms with Gasteiger partial charge in [-0.1, -0.05) is 17.8 Å². The minimum atomic E-state index is -0.137.